The van der Waals surface area contributed by atoms with Gasteiger partial charge in [0.25, 0.3) is 5.91 Å². The number of amides is 1. The summed E-state index contributed by atoms with van der Waals surface area (Å²) in [6, 6.07) is 14.0. The van der Waals surface area contributed by atoms with E-state index in [2.05, 4.69) is 22.3 Å². The summed E-state index contributed by atoms with van der Waals surface area (Å²) in [5.41, 5.74) is 2.35. The fourth-order valence-electron chi connectivity index (χ4n) is 3.14. The molecular formula is C21H25FN2O2. The lowest BCUT2D eigenvalue weighted by atomic mass is 10.1. The molecule has 1 saturated heterocycles. The van der Waals surface area contributed by atoms with E-state index < -0.39 is 6.10 Å². The van der Waals surface area contributed by atoms with Crippen LogP contribution in [0.4, 0.5) is 4.39 Å². The van der Waals surface area contributed by atoms with Gasteiger partial charge in [0.2, 0.25) is 0 Å². The fourth-order valence-corrected chi connectivity index (χ4v) is 3.14. The average Bonchev–Trinajstić information content (AvgIpc) is 3.15. The molecule has 5 heteroatoms. The summed E-state index contributed by atoms with van der Waals surface area (Å²) >= 11 is 0. The summed E-state index contributed by atoms with van der Waals surface area (Å²) in [6.45, 7) is 5.44. The van der Waals surface area contributed by atoms with Crippen molar-refractivity contribution in [2.45, 2.75) is 39.0 Å². The van der Waals surface area contributed by atoms with Gasteiger partial charge in [-0.15, -0.1) is 0 Å². The predicted octanol–water partition coefficient (Wildman–Crippen LogP) is 3.51. The lowest BCUT2D eigenvalue weighted by Gasteiger charge is -2.16. The van der Waals surface area contributed by atoms with Crippen LogP contribution in [-0.2, 0) is 17.9 Å². The zero-order valence-corrected chi connectivity index (χ0v) is 15.1. The molecular weight excluding hydrogens is 331 g/mol. The Bertz CT molecular complexity index is 727. The lowest BCUT2D eigenvalue weighted by Crippen LogP contribution is -2.35. The summed E-state index contributed by atoms with van der Waals surface area (Å²) in [5.74, 6) is -0.0517. The van der Waals surface area contributed by atoms with E-state index in [-0.39, 0.29) is 11.7 Å². The minimum atomic E-state index is -0.645. The van der Waals surface area contributed by atoms with Gasteiger partial charge in [-0.1, -0.05) is 24.3 Å². The number of carbonyl (C=O) groups excluding carboxylic acids is 1. The highest BCUT2D eigenvalue weighted by molar-refractivity contribution is 5.80. The molecule has 4 nitrogen and oxygen atoms in total. The van der Waals surface area contributed by atoms with Gasteiger partial charge in [-0.2, -0.15) is 0 Å². The van der Waals surface area contributed by atoms with E-state index in [1.807, 2.05) is 12.1 Å². The van der Waals surface area contributed by atoms with E-state index in [9.17, 15) is 9.18 Å². The van der Waals surface area contributed by atoms with E-state index in [4.69, 9.17) is 4.74 Å². The molecule has 1 heterocycles. The maximum absolute atomic E-state index is 12.9. The smallest absolute Gasteiger partial charge is 0.261 e. The Hall–Kier alpha value is -2.40. The second kappa shape index (κ2) is 8.81. The molecule has 1 N–H and O–H groups in total. The molecule has 138 valence electrons. The van der Waals surface area contributed by atoms with Crippen LogP contribution < -0.4 is 10.1 Å². The van der Waals surface area contributed by atoms with Gasteiger partial charge in [-0.05, 0) is 68.2 Å². The predicted molar refractivity (Wildman–Crippen MR) is 99.3 cm³/mol. The number of ether oxygens (including phenoxy) is 1. The summed E-state index contributed by atoms with van der Waals surface area (Å²) < 4.78 is 18.5. The molecule has 1 aliphatic heterocycles. The number of halogens is 1. The topological polar surface area (TPSA) is 41.6 Å². The lowest BCUT2D eigenvalue weighted by molar-refractivity contribution is -0.127. The standard InChI is InChI=1S/C21H25FN2O2/c1-16(26-20-9-7-19(22)8-10-20)21(25)23-14-17-5-4-6-18(13-17)15-24-11-2-3-12-24/h4-10,13,16H,2-3,11-12,14-15H2,1H3,(H,23,25)/t16-/m1/s1. The van der Waals surface area contributed by atoms with Crippen LogP contribution in [0.5, 0.6) is 5.75 Å². The van der Waals surface area contributed by atoms with E-state index in [1.165, 1.54) is 55.8 Å². The molecule has 0 aromatic heterocycles. The minimum absolute atomic E-state index is 0.195. The van der Waals surface area contributed by atoms with Crippen LogP contribution in [0.2, 0.25) is 0 Å². The van der Waals surface area contributed by atoms with Crippen molar-refractivity contribution in [3.8, 4) is 5.75 Å². The maximum atomic E-state index is 12.9. The molecule has 2 aromatic rings. The van der Waals surface area contributed by atoms with Crippen LogP contribution in [0.25, 0.3) is 0 Å². The van der Waals surface area contributed by atoms with Gasteiger partial charge >= 0.3 is 0 Å². The molecule has 0 saturated carbocycles. The summed E-state index contributed by atoms with van der Waals surface area (Å²) in [6.07, 6.45) is 1.91. The van der Waals surface area contributed by atoms with Gasteiger partial charge in [-0.3, -0.25) is 9.69 Å². The van der Waals surface area contributed by atoms with E-state index in [0.29, 0.717) is 12.3 Å². The summed E-state index contributed by atoms with van der Waals surface area (Å²) in [4.78, 5) is 14.7. The van der Waals surface area contributed by atoms with Crippen LogP contribution in [0.15, 0.2) is 48.5 Å². The highest BCUT2D eigenvalue weighted by Crippen LogP contribution is 2.15. The van der Waals surface area contributed by atoms with Crippen LogP contribution >= 0.6 is 0 Å². The molecule has 1 amide bonds. The number of likely N-dealkylation sites (tertiary alicyclic amines) is 1. The highest BCUT2D eigenvalue weighted by Gasteiger charge is 2.15. The van der Waals surface area contributed by atoms with Gasteiger partial charge < -0.3 is 10.1 Å². The molecule has 0 unspecified atom stereocenters. The molecule has 1 atom stereocenters. The normalized spacial score (nSPS) is 15.6. The average molecular weight is 356 g/mol. The third kappa shape index (κ3) is 5.30. The first kappa shape index (κ1) is 18.4. The third-order valence-corrected chi connectivity index (χ3v) is 4.56. The van der Waals surface area contributed by atoms with Crippen molar-refractivity contribution in [2.24, 2.45) is 0 Å². The van der Waals surface area contributed by atoms with Crippen LogP contribution in [0.3, 0.4) is 0 Å². The number of hydrogen-bond acceptors (Lipinski definition) is 3. The SMILES string of the molecule is C[C@@H](Oc1ccc(F)cc1)C(=O)NCc1cccc(CN2CCCC2)c1. The van der Waals surface area contributed by atoms with Gasteiger partial charge in [0.05, 0.1) is 0 Å². The highest BCUT2D eigenvalue weighted by atomic mass is 19.1. The Labute approximate surface area is 154 Å². The quantitative estimate of drug-likeness (QED) is 0.825. The van der Waals surface area contributed by atoms with E-state index in [1.54, 1.807) is 6.92 Å². The first-order chi connectivity index (χ1) is 12.6. The number of hydrogen-bond donors (Lipinski definition) is 1. The second-order valence-electron chi connectivity index (χ2n) is 6.74. The Morgan fingerprint density at radius 2 is 1.85 bits per heavy atom. The largest absolute Gasteiger partial charge is 0.481 e. The number of carbonyl (C=O) groups is 1. The molecule has 1 aliphatic rings. The Kier molecular flexibility index (Phi) is 6.23. The van der Waals surface area contributed by atoms with Crippen molar-refractivity contribution in [3.05, 3.63) is 65.5 Å². The molecule has 0 bridgehead atoms. The first-order valence-electron chi connectivity index (χ1n) is 9.10. The number of benzene rings is 2. The second-order valence-corrected chi connectivity index (χ2v) is 6.74. The zero-order chi connectivity index (χ0) is 18.4. The molecule has 0 aliphatic carbocycles. The molecule has 26 heavy (non-hydrogen) atoms. The van der Waals surface area contributed by atoms with Gasteiger partial charge in [-0.25, -0.2) is 4.39 Å². The Morgan fingerprint density at radius 1 is 1.15 bits per heavy atom. The summed E-state index contributed by atoms with van der Waals surface area (Å²) in [5, 5.41) is 2.90. The van der Waals surface area contributed by atoms with Crippen molar-refractivity contribution in [3.63, 3.8) is 0 Å². The molecule has 3 rings (SSSR count). The number of rotatable bonds is 7. The van der Waals surface area contributed by atoms with E-state index in [0.717, 1.165) is 12.1 Å². The number of nitrogens with one attached hydrogen (secondary N) is 1. The van der Waals surface area contributed by atoms with Crippen molar-refractivity contribution < 1.29 is 13.9 Å². The van der Waals surface area contributed by atoms with Crippen molar-refractivity contribution in [1.82, 2.24) is 10.2 Å². The third-order valence-electron chi connectivity index (χ3n) is 4.56. The van der Waals surface area contributed by atoms with Crippen molar-refractivity contribution >= 4 is 5.91 Å². The van der Waals surface area contributed by atoms with Gasteiger partial charge in [0, 0.05) is 13.1 Å². The molecule has 0 spiro atoms. The summed E-state index contributed by atoms with van der Waals surface area (Å²) in [7, 11) is 0. The molecule has 0 radical (unpaired) electrons. The Balaban J connectivity index is 1.49. The Morgan fingerprint density at radius 3 is 2.58 bits per heavy atom. The molecule has 2 aromatic carbocycles. The minimum Gasteiger partial charge on any atom is -0.481 e. The maximum Gasteiger partial charge on any atom is 0.261 e. The monoisotopic (exact) mass is 356 g/mol. The van der Waals surface area contributed by atoms with Crippen LogP contribution in [-0.4, -0.2) is 30.0 Å². The van der Waals surface area contributed by atoms with Crippen molar-refractivity contribution in [1.29, 1.82) is 0 Å². The molecule has 1 fully saturated rings. The van der Waals surface area contributed by atoms with Crippen LogP contribution in [0.1, 0.15) is 30.9 Å². The van der Waals surface area contributed by atoms with Gasteiger partial charge in [0.15, 0.2) is 6.10 Å². The van der Waals surface area contributed by atoms with E-state index >= 15 is 0 Å². The zero-order valence-electron chi connectivity index (χ0n) is 15.1. The van der Waals surface area contributed by atoms with Gasteiger partial charge in [0.1, 0.15) is 11.6 Å². The van der Waals surface area contributed by atoms with Crippen LogP contribution in [0, 0.1) is 5.82 Å². The fraction of sp³-hybridized carbons (Fsp3) is 0.381. The first-order valence-corrected chi connectivity index (χ1v) is 9.10. The van der Waals surface area contributed by atoms with Crippen molar-refractivity contribution in [2.75, 3.05) is 13.1 Å². The number of nitrogens with zero attached hydrogens (tertiary/aromatic N) is 1.